The van der Waals surface area contributed by atoms with Crippen LogP contribution in [0.1, 0.15) is 278 Å². The summed E-state index contributed by atoms with van der Waals surface area (Å²) in [5, 5.41) is 0. The molecule has 0 saturated carbocycles. The fourth-order valence-electron chi connectivity index (χ4n) is 7.68. The molecule has 0 unspecified atom stereocenters. The molecule has 0 aliphatic heterocycles. The number of hydrogen-bond acceptors (Lipinski definition) is 6. The number of esters is 3. The van der Waals surface area contributed by atoms with Gasteiger partial charge in [-0.2, -0.15) is 0 Å². The van der Waals surface area contributed by atoms with E-state index in [0.717, 1.165) is 77.0 Å². The second kappa shape index (κ2) is 52.0. The molecule has 0 fully saturated rings. The van der Waals surface area contributed by atoms with Crippen molar-refractivity contribution >= 4 is 17.9 Å². The number of rotatable bonds is 49. The van der Waals surface area contributed by atoms with Gasteiger partial charge in [0.05, 0.1) is 0 Å². The first-order valence-corrected chi connectivity index (χ1v) is 27.1. The molecule has 0 spiro atoms. The molecule has 0 aromatic heterocycles. The summed E-state index contributed by atoms with van der Waals surface area (Å²) in [5.74, 6) is -0.924. The fraction of sp³-hybridized carbons (Fsp3) is 0.807. The van der Waals surface area contributed by atoms with Crippen LogP contribution in [-0.4, -0.2) is 37.2 Å². The number of carbonyl (C=O) groups excluding carboxylic acids is 3. The van der Waals surface area contributed by atoms with Gasteiger partial charge in [0.1, 0.15) is 13.2 Å². The third kappa shape index (κ3) is 50.2. The molecule has 0 heterocycles. The molecule has 0 bridgehead atoms. The summed E-state index contributed by atoms with van der Waals surface area (Å²) < 4.78 is 16.8. The van der Waals surface area contributed by atoms with Crippen molar-refractivity contribution in [3.05, 3.63) is 48.6 Å². The Hall–Kier alpha value is -2.63. The Morgan fingerprint density at radius 1 is 0.317 bits per heavy atom. The normalized spacial score (nSPS) is 12.4. The Morgan fingerprint density at radius 2 is 0.571 bits per heavy atom. The highest BCUT2D eigenvalue weighted by Gasteiger charge is 2.19. The Kier molecular flexibility index (Phi) is 49.8. The molecule has 6 heteroatoms. The van der Waals surface area contributed by atoms with Crippen molar-refractivity contribution < 1.29 is 28.6 Å². The molecule has 0 aliphatic carbocycles. The number of allylic oxidation sites excluding steroid dienone is 8. The molecule has 366 valence electrons. The zero-order chi connectivity index (χ0) is 45.8. The molecule has 0 aromatic carbocycles. The van der Waals surface area contributed by atoms with Gasteiger partial charge in [-0.1, -0.05) is 223 Å². The lowest BCUT2D eigenvalue weighted by atomic mass is 10.0. The van der Waals surface area contributed by atoms with Gasteiger partial charge in [-0.05, 0) is 83.5 Å². The van der Waals surface area contributed by atoms with E-state index in [0.29, 0.717) is 19.3 Å². The van der Waals surface area contributed by atoms with Crippen molar-refractivity contribution in [3.63, 3.8) is 0 Å². The molecule has 0 radical (unpaired) electrons. The SMILES string of the molecule is CCCCC/C=C\C/C=C\C/C=C\CCCCC(=O)OC[C@H](COC(=O)CCCCCCC/C=C\CCCCCC)OC(=O)CCCCCCCCCCCCCCCCCCC. The van der Waals surface area contributed by atoms with Crippen molar-refractivity contribution in [2.75, 3.05) is 13.2 Å². The van der Waals surface area contributed by atoms with E-state index in [9.17, 15) is 14.4 Å². The molecular weight excluding hydrogens is 781 g/mol. The molecule has 0 amide bonds. The highest BCUT2D eigenvalue weighted by molar-refractivity contribution is 5.71. The Bertz CT molecular complexity index is 1110. The second-order valence-corrected chi connectivity index (χ2v) is 18.1. The van der Waals surface area contributed by atoms with Crippen molar-refractivity contribution in [2.24, 2.45) is 0 Å². The van der Waals surface area contributed by atoms with E-state index < -0.39 is 6.10 Å². The number of carbonyl (C=O) groups is 3. The van der Waals surface area contributed by atoms with E-state index in [1.165, 1.54) is 161 Å². The van der Waals surface area contributed by atoms with Gasteiger partial charge >= 0.3 is 17.9 Å². The summed E-state index contributed by atoms with van der Waals surface area (Å²) in [7, 11) is 0. The van der Waals surface area contributed by atoms with E-state index >= 15 is 0 Å². The van der Waals surface area contributed by atoms with Crippen LogP contribution in [-0.2, 0) is 28.6 Å². The quantitative estimate of drug-likeness (QED) is 0.0262. The number of unbranched alkanes of at least 4 members (excludes halogenated alkanes) is 30. The van der Waals surface area contributed by atoms with Gasteiger partial charge in [0.25, 0.3) is 0 Å². The minimum absolute atomic E-state index is 0.0871. The first kappa shape index (κ1) is 60.4. The van der Waals surface area contributed by atoms with Crippen LogP contribution < -0.4 is 0 Å². The maximum Gasteiger partial charge on any atom is 0.306 e. The van der Waals surface area contributed by atoms with Gasteiger partial charge in [-0.15, -0.1) is 0 Å². The van der Waals surface area contributed by atoms with Gasteiger partial charge in [0.2, 0.25) is 0 Å². The number of ether oxygens (including phenoxy) is 3. The smallest absolute Gasteiger partial charge is 0.306 e. The highest BCUT2D eigenvalue weighted by atomic mass is 16.6. The summed E-state index contributed by atoms with van der Waals surface area (Å²) in [6, 6.07) is 0. The highest BCUT2D eigenvalue weighted by Crippen LogP contribution is 2.16. The zero-order valence-electron chi connectivity index (χ0n) is 41.8. The summed E-state index contributed by atoms with van der Waals surface area (Å²) in [4.78, 5) is 38.0. The molecular formula is C57H102O6. The molecule has 0 aromatic rings. The molecule has 0 saturated heterocycles. The molecule has 63 heavy (non-hydrogen) atoms. The van der Waals surface area contributed by atoms with E-state index in [1.807, 2.05) is 0 Å². The predicted octanol–water partition coefficient (Wildman–Crippen LogP) is 17.9. The van der Waals surface area contributed by atoms with E-state index in [1.54, 1.807) is 0 Å². The van der Waals surface area contributed by atoms with Gasteiger partial charge in [-0.3, -0.25) is 14.4 Å². The summed E-state index contributed by atoms with van der Waals surface area (Å²) in [6.45, 7) is 6.58. The van der Waals surface area contributed by atoms with E-state index in [2.05, 4.69) is 69.4 Å². The minimum Gasteiger partial charge on any atom is -0.462 e. The first-order valence-electron chi connectivity index (χ1n) is 27.1. The summed E-state index contributed by atoms with van der Waals surface area (Å²) >= 11 is 0. The molecule has 6 nitrogen and oxygen atoms in total. The van der Waals surface area contributed by atoms with Crippen molar-refractivity contribution in [1.82, 2.24) is 0 Å². The second-order valence-electron chi connectivity index (χ2n) is 18.1. The Labute approximate surface area is 390 Å². The van der Waals surface area contributed by atoms with Crippen molar-refractivity contribution in [1.29, 1.82) is 0 Å². The van der Waals surface area contributed by atoms with Crippen LogP contribution in [0.5, 0.6) is 0 Å². The van der Waals surface area contributed by atoms with E-state index in [4.69, 9.17) is 14.2 Å². The van der Waals surface area contributed by atoms with Crippen LogP contribution in [0.2, 0.25) is 0 Å². The standard InChI is InChI=1S/C57H102O6/c1-4-7-10-13-16-19-22-25-27-28-30-33-36-39-42-45-48-51-57(60)63-54(52-61-55(58)49-46-43-40-37-34-31-24-21-18-15-12-9-6-3)53-62-56(59)50-47-44-41-38-35-32-29-26-23-20-17-14-11-8-5-2/h17,20-21,24,26,29,35,38,54H,4-16,18-19,22-23,25,27-28,30-34,36-37,39-53H2,1-3H3/b20-17-,24-21-,29-26-,38-35-/t54-/m0/s1. The van der Waals surface area contributed by atoms with Crippen molar-refractivity contribution in [2.45, 2.75) is 284 Å². The fourth-order valence-corrected chi connectivity index (χ4v) is 7.68. The largest absolute Gasteiger partial charge is 0.462 e. The molecule has 0 rings (SSSR count). The lowest BCUT2D eigenvalue weighted by molar-refractivity contribution is -0.167. The Balaban J connectivity index is 4.41. The lowest BCUT2D eigenvalue weighted by Gasteiger charge is -2.18. The first-order chi connectivity index (χ1) is 31.0. The maximum absolute atomic E-state index is 12.8. The van der Waals surface area contributed by atoms with Gasteiger partial charge in [0, 0.05) is 19.3 Å². The van der Waals surface area contributed by atoms with Gasteiger partial charge in [-0.25, -0.2) is 0 Å². The summed E-state index contributed by atoms with van der Waals surface area (Å²) in [5.41, 5.74) is 0. The van der Waals surface area contributed by atoms with Crippen LogP contribution in [0.3, 0.4) is 0 Å². The van der Waals surface area contributed by atoms with Crippen LogP contribution in [0, 0.1) is 0 Å². The minimum atomic E-state index is -0.788. The summed E-state index contributed by atoms with van der Waals surface area (Å²) in [6.07, 6.45) is 62.4. The van der Waals surface area contributed by atoms with Crippen LogP contribution in [0.25, 0.3) is 0 Å². The monoisotopic (exact) mass is 883 g/mol. The number of hydrogen-bond donors (Lipinski definition) is 0. The third-order valence-corrected chi connectivity index (χ3v) is 11.8. The van der Waals surface area contributed by atoms with Gasteiger partial charge < -0.3 is 14.2 Å². The average molecular weight is 883 g/mol. The predicted molar refractivity (Wildman–Crippen MR) is 270 cm³/mol. The van der Waals surface area contributed by atoms with Crippen LogP contribution >= 0.6 is 0 Å². The maximum atomic E-state index is 12.8. The molecule has 1 atom stereocenters. The van der Waals surface area contributed by atoms with E-state index in [-0.39, 0.29) is 31.1 Å². The average Bonchev–Trinajstić information content (AvgIpc) is 3.28. The topological polar surface area (TPSA) is 78.9 Å². The molecule has 0 N–H and O–H groups in total. The van der Waals surface area contributed by atoms with Gasteiger partial charge in [0.15, 0.2) is 6.10 Å². The molecule has 0 aliphatic rings. The van der Waals surface area contributed by atoms with Crippen LogP contribution in [0.4, 0.5) is 0 Å². The van der Waals surface area contributed by atoms with Crippen LogP contribution in [0.15, 0.2) is 48.6 Å². The Morgan fingerprint density at radius 3 is 0.984 bits per heavy atom. The zero-order valence-corrected chi connectivity index (χ0v) is 41.8. The third-order valence-electron chi connectivity index (χ3n) is 11.8. The lowest BCUT2D eigenvalue weighted by Crippen LogP contribution is -2.30. The van der Waals surface area contributed by atoms with Crippen molar-refractivity contribution in [3.8, 4) is 0 Å².